The van der Waals surface area contributed by atoms with Gasteiger partial charge in [-0.1, -0.05) is 64.1 Å². The maximum absolute atomic E-state index is 13.3. The highest BCUT2D eigenvalue weighted by Crippen LogP contribution is 2.11. The molecule has 0 bridgehead atoms. The predicted octanol–water partition coefficient (Wildman–Crippen LogP) is 4.04. The van der Waals surface area contributed by atoms with Gasteiger partial charge in [0.05, 0.1) is 6.04 Å². The van der Waals surface area contributed by atoms with E-state index < -0.39 is 6.04 Å². The van der Waals surface area contributed by atoms with E-state index >= 15 is 0 Å². The van der Waals surface area contributed by atoms with Gasteiger partial charge in [0.1, 0.15) is 0 Å². The highest BCUT2D eigenvalue weighted by molar-refractivity contribution is 5.99. The van der Waals surface area contributed by atoms with Crippen LogP contribution in [0.1, 0.15) is 73.7 Å². The topological polar surface area (TPSA) is 90.5 Å². The van der Waals surface area contributed by atoms with E-state index in [0.29, 0.717) is 49.6 Å². The maximum atomic E-state index is 13.3. The van der Waals surface area contributed by atoms with Gasteiger partial charge in [0.15, 0.2) is 0 Å². The zero-order chi connectivity index (χ0) is 27.2. The quantitative estimate of drug-likeness (QED) is 0.339. The molecule has 0 saturated carbocycles. The van der Waals surface area contributed by atoms with Gasteiger partial charge < -0.3 is 20.9 Å². The summed E-state index contributed by atoms with van der Waals surface area (Å²) >= 11 is 0. The normalized spacial score (nSPS) is 12.6. The van der Waals surface area contributed by atoms with Gasteiger partial charge in [-0.25, -0.2) is 0 Å². The Kier molecular flexibility index (Phi) is 12.8. The molecule has 0 heterocycles. The van der Waals surface area contributed by atoms with E-state index in [1.165, 1.54) is 0 Å². The molecule has 0 aliphatic rings. The van der Waals surface area contributed by atoms with Gasteiger partial charge in [0.25, 0.3) is 11.8 Å². The highest BCUT2D eigenvalue weighted by Gasteiger charge is 2.20. The lowest BCUT2D eigenvalue weighted by atomic mass is 10.0. The standard InChI is InChI=1S/C30H44N4O3/c1-6-16-34(17-7-2)30(37)26-15-11-14-25(19-26)29(36)33-27(18-24-12-9-8-10-13-24)21-31-23(5)28(35)32-20-22(3)4/h8-15,19,22-23,27,31H,6-7,16-18,20-21H2,1-5H3,(H,32,35)(H,33,36)/t23-,27-/m0/s1. The first-order valence-corrected chi connectivity index (χ1v) is 13.5. The largest absolute Gasteiger partial charge is 0.354 e. The summed E-state index contributed by atoms with van der Waals surface area (Å²) in [6, 6.07) is 16.2. The van der Waals surface area contributed by atoms with Crippen LogP contribution in [0.3, 0.4) is 0 Å². The van der Waals surface area contributed by atoms with Crippen LogP contribution >= 0.6 is 0 Å². The van der Waals surface area contributed by atoms with Gasteiger partial charge in [-0.3, -0.25) is 14.4 Å². The summed E-state index contributed by atoms with van der Waals surface area (Å²) in [5, 5.41) is 9.32. The van der Waals surface area contributed by atoms with E-state index in [1.54, 1.807) is 24.3 Å². The number of carbonyl (C=O) groups excluding carboxylic acids is 3. The number of rotatable bonds is 15. The molecule has 0 unspecified atom stereocenters. The fourth-order valence-corrected chi connectivity index (χ4v) is 4.04. The Morgan fingerprint density at radius 2 is 1.49 bits per heavy atom. The second-order valence-corrected chi connectivity index (χ2v) is 10.0. The van der Waals surface area contributed by atoms with Crippen molar-refractivity contribution in [3.63, 3.8) is 0 Å². The Bertz CT molecular complexity index is 987. The average Bonchev–Trinajstić information content (AvgIpc) is 2.90. The van der Waals surface area contributed by atoms with Crippen molar-refractivity contribution >= 4 is 17.7 Å². The lowest BCUT2D eigenvalue weighted by Gasteiger charge is -2.23. The van der Waals surface area contributed by atoms with Gasteiger partial charge in [0, 0.05) is 43.3 Å². The molecule has 7 nitrogen and oxygen atoms in total. The number of benzene rings is 2. The van der Waals surface area contributed by atoms with E-state index in [2.05, 4.69) is 43.6 Å². The third-order valence-corrected chi connectivity index (χ3v) is 6.05. The lowest BCUT2D eigenvalue weighted by molar-refractivity contribution is -0.122. The number of nitrogens with zero attached hydrogens (tertiary/aromatic N) is 1. The maximum Gasteiger partial charge on any atom is 0.253 e. The van der Waals surface area contributed by atoms with Gasteiger partial charge in [-0.15, -0.1) is 0 Å². The molecule has 0 aliphatic heterocycles. The molecule has 7 heteroatoms. The van der Waals surface area contributed by atoms with Crippen molar-refractivity contribution < 1.29 is 14.4 Å². The van der Waals surface area contributed by atoms with E-state index in [-0.39, 0.29) is 23.8 Å². The van der Waals surface area contributed by atoms with E-state index in [1.807, 2.05) is 42.2 Å². The van der Waals surface area contributed by atoms with Gasteiger partial charge in [-0.2, -0.15) is 0 Å². The summed E-state index contributed by atoms with van der Waals surface area (Å²) in [6.07, 6.45) is 2.38. The Morgan fingerprint density at radius 1 is 0.838 bits per heavy atom. The van der Waals surface area contributed by atoms with Crippen molar-refractivity contribution in [2.75, 3.05) is 26.2 Å². The van der Waals surface area contributed by atoms with Crippen LogP contribution < -0.4 is 16.0 Å². The van der Waals surface area contributed by atoms with E-state index in [9.17, 15) is 14.4 Å². The molecule has 0 saturated heterocycles. The molecule has 0 radical (unpaired) electrons. The second-order valence-electron chi connectivity index (χ2n) is 10.0. The van der Waals surface area contributed by atoms with E-state index in [0.717, 1.165) is 18.4 Å². The van der Waals surface area contributed by atoms with Crippen LogP contribution in [0.25, 0.3) is 0 Å². The first-order valence-electron chi connectivity index (χ1n) is 13.5. The molecule has 3 amide bonds. The predicted molar refractivity (Wildman–Crippen MR) is 150 cm³/mol. The second kappa shape index (κ2) is 15.8. The monoisotopic (exact) mass is 508 g/mol. The Balaban J connectivity index is 2.12. The minimum Gasteiger partial charge on any atom is -0.354 e. The molecule has 0 aromatic heterocycles. The van der Waals surface area contributed by atoms with Crippen molar-refractivity contribution in [1.29, 1.82) is 0 Å². The molecule has 2 aromatic carbocycles. The van der Waals surface area contributed by atoms with Crippen molar-refractivity contribution in [2.45, 2.75) is 66.0 Å². The highest BCUT2D eigenvalue weighted by atomic mass is 16.2. The molecule has 2 aromatic rings. The summed E-state index contributed by atoms with van der Waals surface area (Å²) < 4.78 is 0. The summed E-state index contributed by atoms with van der Waals surface area (Å²) in [5.74, 6) is 0.0160. The van der Waals surface area contributed by atoms with Crippen LogP contribution in [0.5, 0.6) is 0 Å². The minimum absolute atomic E-state index is 0.0536. The number of amides is 3. The van der Waals surface area contributed by atoms with Crippen molar-refractivity contribution in [3.05, 3.63) is 71.3 Å². The van der Waals surface area contributed by atoms with Crippen LogP contribution in [0.15, 0.2) is 54.6 Å². The summed E-state index contributed by atoms with van der Waals surface area (Å²) in [7, 11) is 0. The summed E-state index contributed by atoms with van der Waals surface area (Å²) in [5.41, 5.74) is 2.05. The first kappa shape index (κ1) is 30.0. The van der Waals surface area contributed by atoms with Crippen molar-refractivity contribution in [2.24, 2.45) is 5.92 Å². The third kappa shape index (κ3) is 10.4. The molecular formula is C30H44N4O3. The molecule has 2 rings (SSSR count). The van der Waals surface area contributed by atoms with Crippen molar-refractivity contribution in [3.8, 4) is 0 Å². The molecule has 0 spiro atoms. The molecule has 2 atom stereocenters. The molecule has 3 N–H and O–H groups in total. The zero-order valence-corrected chi connectivity index (χ0v) is 23.0. The van der Waals surface area contributed by atoms with Crippen LogP contribution in [0.2, 0.25) is 0 Å². The Labute approximate surface area is 222 Å². The zero-order valence-electron chi connectivity index (χ0n) is 23.0. The SMILES string of the molecule is CCCN(CCC)C(=O)c1cccc(C(=O)N[C@H](CN[C@@H](C)C(=O)NCC(C)C)Cc2ccccc2)c1. The summed E-state index contributed by atoms with van der Waals surface area (Å²) in [4.78, 5) is 40.6. The van der Waals surface area contributed by atoms with Crippen LogP contribution in [-0.2, 0) is 11.2 Å². The smallest absolute Gasteiger partial charge is 0.253 e. The fourth-order valence-electron chi connectivity index (χ4n) is 4.04. The molecule has 0 aliphatic carbocycles. The van der Waals surface area contributed by atoms with Gasteiger partial charge in [-0.05, 0) is 55.9 Å². The summed E-state index contributed by atoms with van der Waals surface area (Å²) in [6.45, 7) is 12.5. The van der Waals surface area contributed by atoms with Gasteiger partial charge >= 0.3 is 0 Å². The average molecular weight is 509 g/mol. The third-order valence-electron chi connectivity index (χ3n) is 6.05. The Hall–Kier alpha value is -3.19. The number of carbonyl (C=O) groups is 3. The minimum atomic E-state index is -0.391. The molecule has 0 fully saturated rings. The number of hydrogen-bond donors (Lipinski definition) is 3. The van der Waals surface area contributed by atoms with Crippen LogP contribution in [-0.4, -0.2) is 60.9 Å². The first-order chi connectivity index (χ1) is 17.7. The molecule has 202 valence electrons. The number of nitrogens with one attached hydrogen (secondary N) is 3. The van der Waals surface area contributed by atoms with Crippen LogP contribution in [0.4, 0.5) is 0 Å². The molecular weight excluding hydrogens is 464 g/mol. The Morgan fingerprint density at radius 3 is 2.11 bits per heavy atom. The van der Waals surface area contributed by atoms with Gasteiger partial charge in [0.2, 0.25) is 5.91 Å². The lowest BCUT2D eigenvalue weighted by Crippen LogP contribution is -2.50. The van der Waals surface area contributed by atoms with E-state index in [4.69, 9.17) is 0 Å². The van der Waals surface area contributed by atoms with Crippen molar-refractivity contribution in [1.82, 2.24) is 20.9 Å². The molecule has 37 heavy (non-hydrogen) atoms. The fraction of sp³-hybridized carbons (Fsp3) is 0.500. The number of hydrogen-bond acceptors (Lipinski definition) is 4. The van der Waals surface area contributed by atoms with Crippen LogP contribution in [0, 0.1) is 5.92 Å².